The van der Waals surface area contributed by atoms with E-state index in [2.05, 4.69) is 15.9 Å². The van der Waals surface area contributed by atoms with Gasteiger partial charge in [0.25, 0.3) is 0 Å². The Morgan fingerprint density at radius 2 is 1.94 bits per heavy atom. The van der Waals surface area contributed by atoms with Gasteiger partial charge in [0.1, 0.15) is 0 Å². The first kappa shape index (κ1) is 13.6. The molecule has 0 saturated carbocycles. The van der Waals surface area contributed by atoms with Gasteiger partial charge in [-0.05, 0) is 24.1 Å². The Balaban J connectivity index is 2.96. The molecule has 4 nitrogen and oxygen atoms in total. The summed E-state index contributed by atoms with van der Waals surface area (Å²) in [7, 11) is 3.12. The molecule has 1 aromatic carbocycles. The summed E-state index contributed by atoms with van der Waals surface area (Å²) in [6.45, 7) is 0. The number of rotatable bonds is 5. The van der Waals surface area contributed by atoms with E-state index in [0.717, 1.165) is 16.1 Å². The number of carboxylic acid groups (broad SMARTS) is 1. The Morgan fingerprint density at radius 3 is 2.47 bits per heavy atom. The van der Waals surface area contributed by atoms with E-state index in [9.17, 15) is 4.79 Å². The van der Waals surface area contributed by atoms with Crippen LogP contribution in [0.3, 0.4) is 0 Å². The number of ether oxygens (including phenoxy) is 2. The molecular weight excluding hydrogens is 288 g/mol. The molecule has 1 N–H and O–H groups in total. The fourth-order valence-electron chi connectivity index (χ4n) is 1.34. The third-order valence-corrected chi connectivity index (χ3v) is 2.89. The summed E-state index contributed by atoms with van der Waals surface area (Å²) in [5.41, 5.74) is 0.931. The highest BCUT2D eigenvalue weighted by Gasteiger charge is 2.08. The van der Waals surface area contributed by atoms with Crippen molar-refractivity contribution in [2.75, 3.05) is 14.2 Å². The van der Waals surface area contributed by atoms with Gasteiger partial charge in [-0.15, -0.1) is 0 Å². The van der Waals surface area contributed by atoms with Crippen LogP contribution in [0.5, 0.6) is 11.5 Å². The third-order valence-electron chi connectivity index (χ3n) is 2.15. The van der Waals surface area contributed by atoms with Crippen LogP contribution >= 0.6 is 15.9 Å². The standard InChI is InChI=1S/C12H13BrO4/c1-16-10-6-8(4-3-5-12(14)15)9(13)7-11(10)17-2/h3,5-7H,4H2,1-2H3,(H,14,15)/b5-3+. The molecule has 0 bridgehead atoms. The molecule has 0 amide bonds. The van der Waals surface area contributed by atoms with Crippen LogP contribution in [0.1, 0.15) is 5.56 Å². The zero-order valence-corrected chi connectivity index (χ0v) is 11.2. The average molecular weight is 301 g/mol. The number of carboxylic acids is 1. The van der Waals surface area contributed by atoms with Crippen molar-refractivity contribution in [3.63, 3.8) is 0 Å². The molecule has 0 fully saturated rings. The molecule has 92 valence electrons. The van der Waals surface area contributed by atoms with Crippen LogP contribution in [0.15, 0.2) is 28.8 Å². The van der Waals surface area contributed by atoms with Crippen LogP contribution in [0.4, 0.5) is 0 Å². The highest BCUT2D eigenvalue weighted by molar-refractivity contribution is 9.10. The average Bonchev–Trinajstić information content (AvgIpc) is 2.30. The van der Waals surface area contributed by atoms with E-state index in [1.165, 1.54) is 0 Å². The molecule has 1 rings (SSSR count). The first-order valence-corrected chi connectivity index (χ1v) is 5.67. The van der Waals surface area contributed by atoms with E-state index in [4.69, 9.17) is 14.6 Å². The van der Waals surface area contributed by atoms with Gasteiger partial charge in [0.15, 0.2) is 11.5 Å². The summed E-state index contributed by atoms with van der Waals surface area (Å²) in [6, 6.07) is 3.61. The Labute approximate surface area is 108 Å². The van der Waals surface area contributed by atoms with Crippen LogP contribution in [-0.4, -0.2) is 25.3 Å². The van der Waals surface area contributed by atoms with Crippen molar-refractivity contribution < 1.29 is 19.4 Å². The van der Waals surface area contributed by atoms with Crippen molar-refractivity contribution in [2.45, 2.75) is 6.42 Å². The summed E-state index contributed by atoms with van der Waals surface area (Å²) >= 11 is 3.40. The van der Waals surface area contributed by atoms with Crippen LogP contribution in [-0.2, 0) is 11.2 Å². The molecule has 0 aromatic heterocycles. The lowest BCUT2D eigenvalue weighted by molar-refractivity contribution is -0.131. The lowest BCUT2D eigenvalue weighted by atomic mass is 10.1. The van der Waals surface area contributed by atoms with Gasteiger partial charge < -0.3 is 14.6 Å². The Hall–Kier alpha value is -1.49. The summed E-state index contributed by atoms with van der Waals surface area (Å²) in [5.74, 6) is 0.293. The van der Waals surface area contributed by atoms with E-state index in [0.29, 0.717) is 17.9 Å². The zero-order chi connectivity index (χ0) is 12.8. The van der Waals surface area contributed by atoms with Gasteiger partial charge in [-0.2, -0.15) is 0 Å². The van der Waals surface area contributed by atoms with Crippen molar-refractivity contribution in [1.29, 1.82) is 0 Å². The fraction of sp³-hybridized carbons (Fsp3) is 0.250. The Bertz CT molecular complexity index is 440. The summed E-state index contributed by atoms with van der Waals surface area (Å²) in [6.07, 6.45) is 3.20. The SMILES string of the molecule is COc1cc(Br)c(C/C=C/C(=O)O)cc1OC. The van der Waals surface area contributed by atoms with Crippen molar-refractivity contribution in [3.05, 3.63) is 34.3 Å². The minimum atomic E-state index is -0.957. The van der Waals surface area contributed by atoms with Gasteiger partial charge in [-0.25, -0.2) is 4.79 Å². The van der Waals surface area contributed by atoms with E-state index >= 15 is 0 Å². The quantitative estimate of drug-likeness (QED) is 0.850. The summed E-state index contributed by atoms with van der Waals surface area (Å²) in [5, 5.41) is 8.50. The van der Waals surface area contributed by atoms with Gasteiger partial charge in [0.05, 0.1) is 14.2 Å². The third kappa shape index (κ3) is 3.78. The summed E-state index contributed by atoms with van der Waals surface area (Å²) in [4.78, 5) is 10.4. The van der Waals surface area contributed by atoms with Crippen LogP contribution in [0.25, 0.3) is 0 Å². The van der Waals surface area contributed by atoms with Crippen LogP contribution in [0, 0.1) is 0 Å². The molecule has 0 radical (unpaired) electrons. The Kier molecular flexibility index (Phi) is 5.03. The van der Waals surface area contributed by atoms with E-state index in [1.54, 1.807) is 26.4 Å². The van der Waals surface area contributed by atoms with Crippen molar-refractivity contribution in [1.82, 2.24) is 0 Å². The normalized spacial score (nSPS) is 10.5. The highest BCUT2D eigenvalue weighted by Crippen LogP contribution is 2.33. The lowest BCUT2D eigenvalue weighted by Crippen LogP contribution is -1.94. The van der Waals surface area contributed by atoms with Crippen molar-refractivity contribution >= 4 is 21.9 Å². The van der Waals surface area contributed by atoms with Gasteiger partial charge in [-0.3, -0.25) is 0 Å². The lowest BCUT2D eigenvalue weighted by Gasteiger charge is -2.10. The predicted molar refractivity (Wildman–Crippen MR) is 67.7 cm³/mol. The molecule has 0 atom stereocenters. The predicted octanol–water partition coefficient (Wildman–Crippen LogP) is 2.65. The molecule has 0 aliphatic carbocycles. The van der Waals surface area contributed by atoms with Gasteiger partial charge >= 0.3 is 5.97 Å². The number of halogens is 1. The monoisotopic (exact) mass is 300 g/mol. The number of hydrogen-bond acceptors (Lipinski definition) is 3. The largest absolute Gasteiger partial charge is 0.493 e. The van der Waals surface area contributed by atoms with Gasteiger partial charge in [0.2, 0.25) is 0 Å². The molecule has 1 aromatic rings. The maximum Gasteiger partial charge on any atom is 0.327 e. The number of allylic oxidation sites excluding steroid dienone is 1. The number of aliphatic carboxylic acids is 1. The maximum atomic E-state index is 10.4. The molecule has 0 aliphatic rings. The van der Waals surface area contributed by atoms with E-state index in [-0.39, 0.29) is 0 Å². The smallest absolute Gasteiger partial charge is 0.327 e. The van der Waals surface area contributed by atoms with E-state index in [1.807, 2.05) is 6.07 Å². The first-order chi connectivity index (χ1) is 8.08. The maximum absolute atomic E-state index is 10.4. The summed E-state index contributed by atoms with van der Waals surface area (Å²) < 4.78 is 11.2. The number of hydrogen-bond donors (Lipinski definition) is 1. The topological polar surface area (TPSA) is 55.8 Å². The minimum Gasteiger partial charge on any atom is -0.493 e. The Morgan fingerprint density at radius 1 is 1.35 bits per heavy atom. The number of benzene rings is 1. The van der Waals surface area contributed by atoms with Crippen LogP contribution < -0.4 is 9.47 Å². The van der Waals surface area contributed by atoms with E-state index < -0.39 is 5.97 Å². The molecular formula is C12H13BrO4. The number of methoxy groups -OCH3 is 2. The molecule has 0 heterocycles. The van der Waals surface area contributed by atoms with Crippen molar-refractivity contribution in [2.24, 2.45) is 0 Å². The molecule has 0 saturated heterocycles. The van der Waals surface area contributed by atoms with Gasteiger partial charge in [0, 0.05) is 10.5 Å². The second kappa shape index (κ2) is 6.30. The molecule has 5 heteroatoms. The fourth-order valence-corrected chi connectivity index (χ4v) is 1.82. The number of carbonyl (C=O) groups is 1. The molecule has 0 aliphatic heterocycles. The molecule has 0 spiro atoms. The van der Waals surface area contributed by atoms with Gasteiger partial charge in [-0.1, -0.05) is 22.0 Å². The highest BCUT2D eigenvalue weighted by atomic mass is 79.9. The first-order valence-electron chi connectivity index (χ1n) is 4.88. The second-order valence-corrected chi connectivity index (χ2v) is 4.10. The van der Waals surface area contributed by atoms with Crippen LogP contribution in [0.2, 0.25) is 0 Å². The minimum absolute atomic E-state index is 0.507. The molecule has 0 unspecified atom stereocenters. The van der Waals surface area contributed by atoms with Crippen molar-refractivity contribution in [3.8, 4) is 11.5 Å². The second-order valence-electron chi connectivity index (χ2n) is 3.24. The zero-order valence-electron chi connectivity index (χ0n) is 9.57. The molecule has 17 heavy (non-hydrogen) atoms.